The van der Waals surface area contributed by atoms with Crippen molar-refractivity contribution in [3.8, 4) is 0 Å². The van der Waals surface area contributed by atoms with Crippen molar-refractivity contribution in [2.75, 3.05) is 26.2 Å². The first kappa shape index (κ1) is 25.7. The lowest BCUT2D eigenvalue weighted by atomic mass is 9.81. The van der Waals surface area contributed by atoms with Crippen LogP contribution in [0.15, 0.2) is 78.9 Å². The van der Waals surface area contributed by atoms with E-state index >= 15 is 0 Å². The molecule has 3 aromatic rings. The Morgan fingerprint density at radius 2 is 1.34 bits per heavy atom. The van der Waals surface area contributed by atoms with Crippen molar-refractivity contribution in [3.63, 3.8) is 0 Å². The maximum atomic E-state index is 14.0. The highest BCUT2D eigenvalue weighted by atomic mass is 16.2. The van der Waals surface area contributed by atoms with Gasteiger partial charge < -0.3 is 15.1 Å². The highest BCUT2D eigenvalue weighted by Crippen LogP contribution is 2.38. The van der Waals surface area contributed by atoms with Crippen LogP contribution in [0.25, 0.3) is 4.85 Å². The minimum atomic E-state index is -1.23. The number of piperidine rings is 1. The molecule has 38 heavy (non-hydrogen) atoms. The summed E-state index contributed by atoms with van der Waals surface area (Å²) in [4.78, 5) is 34.9. The SMILES string of the molecule is [C-]#[N+]C1(c2ccccc2)CCN(CCCN2C(=O)NC(c3ccc(C)cc3)(c3ccc(C)cc3)C2=O)CC1. The zero-order chi connectivity index (χ0) is 26.8. The van der Waals surface area contributed by atoms with Gasteiger partial charge in [-0.3, -0.25) is 9.69 Å². The smallest absolute Gasteiger partial charge is 0.315 e. The molecule has 1 N–H and O–H groups in total. The Balaban J connectivity index is 1.27. The largest absolute Gasteiger partial charge is 0.325 e. The van der Waals surface area contributed by atoms with Crippen molar-refractivity contribution in [2.24, 2.45) is 0 Å². The lowest BCUT2D eigenvalue weighted by Gasteiger charge is -2.34. The number of nitrogens with zero attached hydrogens (tertiary/aromatic N) is 3. The summed E-state index contributed by atoms with van der Waals surface area (Å²) in [6, 6.07) is 25.4. The highest BCUT2D eigenvalue weighted by molar-refractivity contribution is 6.09. The summed E-state index contributed by atoms with van der Waals surface area (Å²) < 4.78 is 0. The molecule has 0 aliphatic carbocycles. The molecule has 2 heterocycles. The van der Waals surface area contributed by atoms with Gasteiger partial charge in [0, 0.05) is 38.0 Å². The van der Waals surface area contributed by atoms with Crippen LogP contribution in [-0.2, 0) is 15.9 Å². The molecule has 6 heteroatoms. The Bertz CT molecular complexity index is 1290. The van der Waals surface area contributed by atoms with Gasteiger partial charge in [0.25, 0.3) is 11.4 Å². The van der Waals surface area contributed by atoms with Crippen molar-refractivity contribution in [3.05, 3.63) is 118 Å². The van der Waals surface area contributed by atoms with E-state index in [0.29, 0.717) is 13.0 Å². The van der Waals surface area contributed by atoms with Crippen LogP contribution >= 0.6 is 0 Å². The van der Waals surface area contributed by atoms with E-state index in [1.165, 1.54) is 4.90 Å². The number of imide groups is 1. The highest BCUT2D eigenvalue weighted by Gasteiger charge is 2.53. The molecule has 3 amide bonds. The molecule has 0 unspecified atom stereocenters. The molecule has 2 aliphatic heterocycles. The van der Waals surface area contributed by atoms with Gasteiger partial charge in [-0.25, -0.2) is 11.4 Å². The van der Waals surface area contributed by atoms with E-state index in [1.54, 1.807) is 0 Å². The number of hydrogen-bond donors (Lipinski definition) is 1. The molecule has 5 rings (SSSR count). The van der Waals surface area contributed by atoms with Gasteiger partial charge in [0.2, 0.25) is 0 Å². The summed E-state index contributed by atoms with van der Waals surface area (Å²) in [6.45, 7) is 14.7. The van der Waals surface area contributed by atoms with Gasteiger partial charge in [-0.15, -0.1) is 0 Å². The number of carbonyl (C=O) groups excluding carboxylic acids is 2. The Morgan fingerprint density at radius 3 is 1.87 bits per heavy atom. The summed E-state index contributed by atoms with van der Waals surface area (Å²) in [5.74, 6) is -0.232. The zero-order valence-corrected chi connectivity index (χ0v) is 22.1. The first-order chi connectivity index (χ1) is 18.4. The number of carbonyl (C=O) groups is 2. The average molecular weight is 507 g/mol. The topological polar surface area (TPSA) is 57.0 Å². The molecule has 3 aromatic carbocycles. The van der Waals surface area contributed by atoms with Gasteiger partial charge >= 0.3 is 6.03 Å². The summed E-state index contributed by atoms with van der Waals surface area (Å²) >= 11 is 0. The first-order valence-electron chi connectivity index (χ1n) is 13.3. The second-order valence-corrected chi connectivity index (χ2v) is 10.6. The number of aryl methyl sites for hydroxylation is 2. The van der Waals surface area contributed by atoms with Gasteiger partial charge in [0.1, 0.15) is 0 Å². The maximum absolute atomic E-state index is 14.0. The zero-order valence-electron chi connectivity index (χ0n) is 22.1. The second-order valence-electron chi connectivity index (χ2n) is 10.6. The van der Waals surface area contributed by atoms with Crippen LogP contribution < -0.4 is 5.32 Å². The van der Waals surface area contributed by atoms with Gasteiger partial charge in [0.15, 0.2) is 5.54 Å². The quantitative estimate of drug-likeness (QED) is 0.345. The Morgan fingerprint density at radius 1 is 0.789 bits per heavy atom. The first-order valence-corrected chi connectivity index (χ1v) is 13.3. The fourth-order valence-electron chi connectivity index (χ4n) is 5.76. The van der Waals surface area contributed by atoms with Gasteiger partial charge in [-0.05, 0) is 37.9 Å². The fourth-order valence-corrected chi connectivity index (χ4v) is 5.76. The number of urea groups is 1. The molecule has 0 bridgehead atoms. The third-order valence-corrected chi connectivity index (χ3v) is 8.14. The summed E-state index contributed by atoms with van der Waals surface area (Å²) in [5.41, 5.74) is 3.13. The van der Waals surface area contributed by atoms with Gasteiger partial charge in [-0.2, -0.15) is 0 Å². The van der Waals surface area contributed by atoms with Crippen LogP contribution in [-0.4, -0.2) is 47.9 Å². The average Bonchev–Trinajstić information content (AvgIpc) is 3.20. The Labute approximate surface area is 225 Å². The monoisotopic (exact) mass is 506 g/mol. The van der Waals surface area contributed by atoms with Crippen LogP contribution in [0.3, 0.4) is 0 Å². The van der Waals surface area contributed by atoms with Crippen LogP contribution in [0.1, 0.15) is 47.1 Å². The molecule has 2 fully saturated rings. The predicted molar refractivity (Wildman–Crippen MR) is 148 cm³/mol. The normalized spacial score (nSPS) is 18.7. The van der Waals surface area contributed by atoms with E-state index in [2.05, 4.69) is 27.2 Å². The van der Waals surface area contributed by atoms with E-state index in [-0.39, 0.29) is 11.9 Å². The van der Waals surface area contributed by atoms with Crippen LogP contribution in [0, 0.1) is 20.4 Å². The van der Waals surface area contributed by atoms with Crippen LogP contribution in [0.2, 0.25) is 0 Å². The summed E-state index contributed by atoms with van der Waals surface area (Å²) in [5, 5.41) is 3.05. The lowest BCUT2D eigenvalue weighted by Crippen LogP contribution is -2.45. The van der Waals surface area contributed by atoms with Crippen molar-refractivity contribution in [1.29, 1.82) is 0 Å². The maximum Gasteiger partial charge on any atom is 0.325 e. The number of likely N-dealkylation sites (tertiary alicyclic amines) is 1. The third kappa shape index (κ3) is 4.59. The third-order valence-electron chi connectivity index (χ3n) is 8.14. The van der Waals surface area contributed by atoms with Crippen molar-refractivity contribution >= 4 is 11.9 Å². The summed E-state index contributed by atoms with van der Waals surface area (Å²) in [6.07, 6.45) is 2.26. The lowest BCUT2D eigenvalue weighted by molar-refractivity contribution is -0.130. The van der Waals surface area contributed by atoms with Gasteiger partial charge in [0.05, 0.1) is 0 Å². The molecular formula is C32H34N4O2. The number of nitrogens with one attached hydrogen (secondary N) is 1. The van der Waals surface area contributed by atoms with E-state index in [4.69, 9.17) is 6.57 Å². The van der Waals surface area contributed by atoms with E-state index in [9.17, 15) is 9.59 Å². The van der Waals surface area contributed by atoms with Crippen molar-refractivity contribution < 1.29 is 9.59 Å². The number of amides is 3. The number of benzene rings is 3. The predicted octanol–water partition coefficient (Wildman–Crippen LogP) is 5.40. The number of rotatable bonds is 7. The van der Waals surface area contributed by atoms with Crippen LogP contribution in [0.5, 0.6) is 0 Å². The van der Waals surface area contributed by atoms with Crippen molar-refractivity contribution in [2.45, 2.75) is 44.2 Å². The fraction of sp³-hybridized carbons (Fsp3) is 0.344. The molecule has 2 aliphatic rings. The van der Waals surface area contributed by atoms with E-state index in [0.717, 1.165) is 60.3 Å². The summed E-state index contributed by atoms with van der Waals surface area (Å²) in [7, 11) is 0. The molecule has 0 aromatic heterocycles. The molecule has 6 nitrogen and oxygen atoms in total. The standard InChI is InChI=1S/C32H34N4O2/c1-24-10-14-27(15-11-24)32(28-16-12-25(2)13-17-28)29(37)36(30(38)34-32)21-7-20-35-22-18-31(33-3,19-23-35)26-8-5-4-6-9-26/h4-6,8-17H,7,18-23H2,1-2H3,(H,34,38). The van der Waals surface area contributed by atoms with Gasteiger partial charge in [-0.1, -0.05) is 90.0 Å². The molecule has 0 saturated carbocycles. The molecule has 2 saturated heterocycles. The Hall–Kier alpha value is -3.95. The molecule has 0 atom stereocenters. The molecule has 0 radical (unpaired) electrons. The molecular weight excluding hydrogens is 472 g/mol. The minimum absolute atomic E-state index is 0.232. The minimum Gasteiger partial charge on any atom is -0.315 e. The molecule has 194 valence electrons. The van der Waals surface area contributed by atoms with Crippen molar-refractivity contribution in [1.82, 2.24) is 15.1 Å². The van der Waals surface area contributed by atoms with E-state index in [1.807, 2.05) is 80.6 Å². The molecule has 0 spiro atoms. The Kier molecular flexibility index (Phi) is 7.05. The second kappa shape index (κ2) is 10.4. The number of hydrogen-bond acceptors (Lipinski definition) is 3. The van der Waals surface area contributed by atoms with Crippen LogP contribution in [0.4, 0.5) is 4.79 Å². The van der Waals surface area contributed by atoms with E-state index < -0.39 is 11.1 Å².